The smallest absolute Gasteiger partial charge is 0.246 e. The summed E-state index contributed by atoms with van der Waals surface area (Å²) in [4.78, 5) is 0.255. The van der Waals surface area contributed by atoms with E-state index in [0.29, 0.717) is 12.6 Å². The van der Waals surface area contributed by atoms with Crippen molar-refractivity contribution >= 4 is 10.0 Å². The number of sulfonamides is 1. The van der Waals surface area contributed by atoms with E-state index in [0.717, 1.165) is 13.0 Å². The molecule has 0 amide bonds. The Balaban J connectivity index is 2.63. The van der Waals surface area contributed by atoms with Gasteiger partial charge in [0.25, 0.3) is 0 Å². The fourth-order valence-electron chi connectivity index (χ4n) is 1.68. The third kappa shape index (κ3) is 4.57. The van der Waals surface area contributed by atoms with Crippen LogP contribution in [0.2, 0.25) is 0 Å². The van der Waals surface area contributed by atoms with Crippen molar-refractivity contribution in [3.63, 3.8) is 0 Å². The second-order valence-electron chi connectivity index (χ2n) is 5.52. The molecule has 7 heteroatoms. The number of nitrogens with one attached hydrogen (secondary N) is 1. The van der Waals surface area contributed by atoms with E-state index in [1.54, 1.807) is 17.9 Å². The second-order valence-corrected chi connectivity index (χ2v) is 7.51. The van der Waals surface area contributed by atoms with E-state index in [1.165, 1.54) is 10.5 Å². The normalized spacial score (nSPS) is 12.8. The molecule has 116 valence electrons. The standard InChI is InChI=1S/C13H26N4O2S/c1-11(2)14-7-6-8-17-10-13(9-15-17)20(18,19)16(5)12(3)4/h9-12,14H,6-8H2,1-5H3. The molecule has 0 saturated heterocycles. The van der Waals surface area contributed by atoms with E-state index >= 15 is 0 Å². The van der Waals surface area contributed by atoms with Crippen molar-refractivity contribution in [2.24, 2.45) is 0 Å². The summed E-state index contributed by atoms with van der Waals surface area (Å²) in [5.41, 5.74) is 0. The van der Waals surface area contributed by atoms with Gasteiger partial charge in [-0.3, -0.25) is 4.68 Å². The molecule has 1 heterocycles. The molecule has 0 spiro atoms. The first kappa shape index (κ1) is 17.1. The van der Waals surface area contributed by atoms with Crippen LogP contribution in [0, 0.1) is 0 Å². The summed E-state index contributed by atoms with van der Waals surface area (Å²) in [6.45, 7) is 9.49. The first-order chi connectivity index (χ1) is 9.25. The van der Waals surface area contributed by atoms with Gasteiger partial charge >= 0.3 is 0 Å². The minimum Gasteiger partial charge on any atom is -0.314 e. The summed E-state index contributed by atoms with van der Waals surface area (Å²) in [5.74, 6) is 0. The van der Waals surface area contributed by atoms with Gasteiger partial charge in [-0.25, -0.2) is 8.42 Å². The van der Waals surface area contributed by atoms with Crippen molar-refractivity contribution in [1.82, 2.24) is 19.4 Å². The molecule has 0 unspecified atom stereocenters. The van der Waals surface area contributed by atoms with E-state index in [4.69, 9.17) is 0 Å². The molecule has 1 aromatic heterocycles. The molecule has 0 atom stereocenters. The maximum Gasteiger partial charge on any atom is 0.246 e. The topological polar surface area (TPSA) is 67.2 Å². The predicted octanol–water partition coefficient (Wildman–Crippen LogP) is 1.30. The van der Waals surface area contributed by atoms with Crippen LogP contribution in [0.25, 0.3) is 0 Å². The van der Waals surface area contributed by atoms with E-state index < -0.39 is 10.0 Å². The first-order valence-corrected chi connectivity index (χ1v) is 8.43. The van der Waals surface area contributed by atoms with Gasteiger partial charge in [0.15, 0.2) is 0 Å². The average molecular weight is 302 g/mol. The Morgan fingerprint density at radius 2 is 2.00 bits per heavy atom. The Bertz CT molecular complexity index is 508. The number of aromatic nitrogens is 2. The molecule has 0 saturated carbocycles. The van der Waals surface area contributed by atoms with Crippen LogP contribution >= 0.6 is 0 Å². The minimum atomic E-state index is -3.43. The molecule has 6 nitrogen and oxygen atoms in total. The molecule has 1 rings (SSSR count). The lowest BCUT2D eigenvalue weighted by Gasteiger charge is -2.19. The highest BCUT2D eigenvalue weighted by Gasteiger charge is 2.24. The van der Waals surface area contributed by atoms with Gasteiger partial charge < -0.3 is 5.32 Å². The number of nitrogens with zero attached hydrogens (tertiary/aromatic N) is 3. The first-order valence-electron chi connectivity index (χ1n) is 6.99. The second kappa shape index (κ2) is 7.19. The van der Waals surface area contributed by atoms with Gasteiger partial charge in [-0.2, -0.15) is 9.40 Å². The van der Waals surface area contributed by atoms with Crippen molar-refractivity contribution < 1.29 is 8.42 Å². The zero-order valence-electron chi connectivity index (χ0n) is 13.0. The maximum atomic E-state index is 12.3. The SMILES string of the molecule is CC(C)NCCCn1cc(S(=O)(=O)N(C)C(C)C)cn1. The van der Waals surface area contributed by atoms with Crippen molar-refractivity contribution in [3.05, 3.63) is 12.4 Å². The lowest BCUT2D eigenvalue weighted by molar-refractivity contribution is 0.410. The van der Waals surface area contributed by atoms with Crippen molar-refractivity contribution in [2.75, 3.05) is 13.6 Å². The molecular formula is C13H26N4O2S. The van der Waals surface area contributed by atoms with Crippen LogP contribution in [-0.4, -0.2) is 48.2 Å². The molecule has 1 aromatic rings. The lowest BCUT2D eigenvalue weighted by atomic mass is 10.3. The molecule has 0 aliphatic heterocycles. The molecular weight excluding hydrogens is 276 g/mol. The van der Waals surface area contributed by atoms with Crippen LogP contribution in [0.3, 0.4) is 0 Å². The summed E-state index contributed by atoms with van der Waals surface area (Å²) in [6, 6.07) is 0.391. The molecule has 20 heavy (non-hydrogen) atoms. The molecule has 0 bridgehead atoms. The van der Waals surface area contributed by atoms with Gasteiger partial charge in [0.05, 0.1) is 6.20 Å². The average Bonchev–Trinajstić information content (AvgIpc) is 2.82. The van der Waals surface area contributed by atoms with Crippen LogP contribution in [0.5, 0.6) is 0 Å². The Hall–Kier alpha value is -0.920. The molecule has 0 fully saturated rings. The summed E-state index contributed by atoms with van der Waals surface area (Å²) in [7, 11) is -1.84. The molecule has 0 aliphatic rings. The van der Waals surface area contributed by atoms with Crippen LogP contribution in [0.15, 0.2) is 17.3 Å². The third-order valence-corrected chi connectivity index (χ3v) is 5.12. The van der Waals surface area contributed by atoms with Gasteiger partial charge in [0.1, 0.15) is 4.90 Å². The number of rotatable bonds is 8. The van der Waals surface area contributed by atoms with E-state index in [9.17, 15) is 8.42 Å². The highest BCUT2D eigenvalue weighted by atomic mass is 32.2. The summed E-state index contributed by atoms with van der Waals surface area (Å²) >= 11 is 0. The predicted molar refractivity (Wildman–Crippen MR) is 80.1 cm³/mol. The van der Waals surface area contributed by atoms with Crippen LogP contribution in [0.1, 0.15) is 34.1 Å². The summed E-state index contributed by atoms with van der Waals surface area (Å²) < 4.78 is 27.6. The van der Waals surface area contributed by atoms with Gasteiger partial charge in [0, 0.05) is 31.9 Å². The minimum absolute atomic E-state index is 0.0707. The van der Waals surface area contributed by atoms with Gasteiger partial charge in [-0.1, -0.05) is 13.8 Å². The van der Waals surface area contributed by atoms with E-state index in [-0.39, 0.29) is 10.9 Å². The number of hydrogen-bond acceptors (Lipinski definition) is 4. The Morgan fingerprint density at radius 1 is 1.35 bits per heavy atom. The highest BCUT2D eigenvalue weighted by molar-refractivity contribution is 7.89. The fourth-order valence-corrected chi connectivity index (χ4v) is 3.00. The van der Waals surface area contributed by atoms with Crippen molar-refractivity contribution in [2.45, 2.75) is 57.6 Å². The molecule has 1 N–H and O–H groups in total. The zero-order valence-corrected chi connectivity index (χ0v) is 13.8. The Morgan fingerprint density at radius 3 is 2.55 bits per heavy atom. The molecule has 0 radical (unpaired) electrons. The van der Waals surface area contributed by atoms with Crippen LogP contribution < -0.4 is 5.32 Å². The number of hydrogen-bond donors (Lipinski definition) is 1. The monoisotopic (exact) mass is 302 g/mol. The molecule has 0 aliphatic carbocycles. The third-order valence-electron chi connectivity index (χ3n) is 3.13. The van der Waals surface area contributed by atoms with Crippen molar-refractivity contribution in [3.8, 4) is 0 Å². The van der Waals surface area contributed by atoms with Crippen molar-refractivity contribution in [1.29, 1.82) is 0 Å². The molecule has 0 aromatic carbocycles. The van der Waals surface area contributed by atoms with Gasteiger partial charge in [0.2, 0.25) is 10.0 Å². The van der Waals surface area contributed by atoms with Gasteiger partial charge in [-0.15, -0.1) is 0 Å². The lowest BCUT2D eigenvalue weighted by Crippen LogP contribution is -2.32. The quantitative estimate of drug-likeness (QED) is 0.735. The maximum absolute atomic E-state index is 12.3. The van der Waals surface area contributed by atoms with Crippen LogP contribution in [-0.2, 0) is 16.6 Å². The highest BCUT2D eigenvalue weighted by Crippen LogP contribution is 2.15. The Labute approximate surface area is 122 Å². The Kier molecular flexibility index (Phi) is 6.16. The zero-order chi connectivity index (χ0) is 15.3. The summed E-state index contributed by atoms with van der Waals surface area (Å²) in [5, 5.41) is 7.44. The number of aryl methyl sites for hydroxylation is 1. The van der Waals surface area contributed by atoms with E-state index in [2.05, 4.69) is 24.3 Å². The summed E-state index contributed by atoms with van der Waals surface area (Å²) in [6.07, 6.45) is 3.94. The van der Waals surface area contributed by atoms with Crippen LogP contribution in [0.4, 0.5) is 0 Å². The largest absolute Gasteiger partial charge is 0.314 e. The van der Waals surface area contributed by atoms with Gasteiger partial charge in [-0.05, 0) is 26.8 Å². The van der Waals surface area contributed by atoms with E-state index in [1.807, 2.05) is 13.8 Å². The fraction of sp³-hybridized carbons (Fsp3) is 0.769.